The highest BCUT2D eigenvalue weighted by Crippen LogP contribution is 2.11. The van der Waals surface area contributed by atoms with Gasteiger partial charge in [-0.2, -0.15) is 0 Å². The number of unbranched alkanes of at least 4 members (excludes halogenated alkanes) is 3. The van der Waals surface area contributed by atoms with Crippen LogP contribution in [0.4, 0.5) is 0 Å². The first-order chi connectivity index (χ1) is 6.87. The van der Waals surface area contributed by atoms with Gasteiger partial charge in [0.1, 0.15) is 11.6 Å². The van der Waals surface area contributed by atoms with Gasteiger partial charge in [-0.05, 0) is 27.2 Å². The molecule has 0 saturated carbocycles. The molecule has 0 aromatic heterocycles. The molecule has 0 spiro atoms. The van der Waals surface area contributed by atoms with Gasteiger partial charge in [0, 0.05) is 0 Å². The van der Waals surface area contributed by atoms with Crippen LogP contribution in [0.5, 0.6) is 0 Å². The molecule has 3 nitrogen and oxygen atoms in total. The number of carbonyl (C=O) groups excluding carboxylic acids is 1. The van der Waals surface area contributed by atoms with Gasteiger partial charge in [0.05, 0.1) is 0 Å². The summed E-state index contributed by atoms with van der Waals surface area (Å²) in [7, 11) is 0. The minimum Gasteiger partial charge on any atom is -0.459 e. The van der Waals surface area contributed by atoms with Crippen molar-refractivity contribution < 1.29 is 9.53 Å². The number of hydrogen-bond donors (Lipinski definition) is 1. The third-order valence-corrected chi connectivity index (χ3v) is 2.08. The number of esters is 1. The van der Waals surface area contributed by atoms with Crippen molar-refractivity contribution in [3.63, 3.8) is 0 Å². The number of hydrogen-bond acceptors (Lipinski definition) is 3. The van der Waals surface area contributed by atoms with E-state index in [1.54, 1.807) is 0 Å². The van der Waals surface area contributed by atoms with E-state index < -0.39 is 11.6 Å². The van der Waals surface area contributed by atoms with E-state index in [1.165, 1.54) is 12.8 Å². The quantitative estimate of drug-likeness (QED) is 0.547. The average Bonchev–Trinajstić information content (AvgIpc) is 2.09. The van der Waals surface area contributed by atoms with Gasteiger partial charge in [-0.15, -0.1) is 0 Å². The van der Waals surface area contributed by atoms with Crippen LogP contribution >= 0.6 is 0 Å². The van der Waals surface area contributed by atoms with E-state index in [2.05, 4.69) is 6.92 Å². The third-order valence-electron chi connectivity index (χ3n) is 2.08. The molecule has 0 rings (SSSR count). The Labute approximate surface area is 93.4 Å². The fourth-order valence-electron chi connectivity index (χ4n) is 1.29. The van der Waals surface area contributed by atoms with Crippen molar-refractivity contribution in [1.82, 2.24) is 0 Å². The molecule has 90 valence electrons. The summed E-state index contributed by atoms with van der Waals surface area (Å²) in [5.74, 6) is -0.279. The van der Waals surface area contributed by atoms with Crippen molar-refractivity contribution >= 4 is 5.97 Å². The monoisotopic (exact) mass is 215 g/mol. The first-order valence-electron chi connectivity index (χ1n) is 5.85. The van der Waals surface area contributed by atoms with Crippen LogP contribution in [-0.4, -0.2) is 17.6 Å². The first kappa shape index (κ1) is 14.4. The molecular weight excluding hydrogens is 190 g/mol. The number of ether oxygens (including phenoxy) is 1. The van der Waals surface area contributed by atoms with Gasteiger partial charge < -0.3 is 10.5 Å². The normalized spacial score (nSPS) is 13.7. The Morgan fingerprint density at radius 3 is 2.33 bits per heavy atom. The second-order valence-corrected chi connectivity index (χ2v) is 4.99. The molecule has 0 aliphatic carbocycles. The summed E-state index contributed by atoms with van der Waals surface area (Å²) >= 11 is 0. The smallest absolute Gasteiger partial charge is 0.323 e. The minimum absolute atomic E-state index is 0.279. The average molecular weight is 215 g/mol. The summed E-state index contributed by atoms with van der Waals surface area (Å²) in [6.45, 7) is 7.73. The Bertz CT molecular complexity index is 185. The van der Waals surface area contributed by atoms with Crippen LogP contribution in [0.3, 0.4) is 0 Å². The van der Waals surface area contributed by atoms with Gasteiger partial charge >= 0.3 is 5.97 Å². The maximum Gasteiger partial charge on any atom is 0.323 e. The Kier molecular flexibility index (Phi) is 6.57. The maximum atomic E-state index is 11.5. The van der Waals surface area contributed by atoms with E-state index in [4.69, 9.17) is 10.5 Å². The van der Waals surface area contributed by atoms with E-state index in [-0.39, 0.29) is 5.97 Å². The van der Waals surface area contributed by atoms with E-state index in [0.717, 1.165) is 19.3 Å². The van der Waals surface area contributed by atoms with Crippen LogP contribution in [0.2, 0.25) is 0 Å². The molecule has 0 saturated heterocycles. The first-order valence-corrected chi connectivity index (χ1v) is 5.85. The zero-order valence-corrected chi connectivity index (χ0v) is 10.5. The summed E-state index contributed by atoms with van der Waals surface area (Å²) < 4.78 is 5.19. The predicted octanol–water partition coefficient (Wildman–Crippen LogP) is 2.63. The van der Waals surface area contributed by atoms with Crippen molar-refractivity contribution in [2.45, 2.75) is 71.4 Å². The number of nitrogens with two attached hydrogens (primary N) is 1. The Hall–Kier alpha value is -0.570. The van der Waals surface area contributed by atoms with Crippen LogP contribution in [0.15, 0.2) is 0 Å². The molecule has 0 aliphatic heterocycles. The van der Waals surface area contributed by atoms with Gasteiger partial charge in [0.15, 0.2) is 0 Å². The molecular formula is C12H25NO2. The lowest BCUT2D eigenvalue weighted by molar-refractivity contribution is -0.156. The van der Waals surface area contributed by atoms with Gasteiger partial charge in [-0.25, -0.2) is 0 Å². The SMILES string of the molecule is CCCCCCC(N)C(=O)OC(C)(C)C. The zero-order valence-electron chi connectivity index (χ0n) is 10.5. The van der Waals surface area contributed by atoms with Crippen LogP contribution in [0.25, 0.3) is 0 Å². The molecule has 2 N–H and O–H groups in total. The van der Waals surface area contributed by atoms with Gasteiger partial charge in [-0.1, -0.05) is 32.6 Å². The van der Waals surface area contributed by atoms with Crippen LogP contribution in [0.1, 0.15) is 59.8 Å². The molecule has 0 bridgehead atoms. The van der Waals surface area contributed by atoms with Crippen LogP contribution in [-0.2, 0) is 9.53 Å². The lowest BCUT2D eigenvalue weighted by atomic mass is 10.1. The summed E-state index contributed by atoms with van der Waals surface area (Å²) in [6, 6.07) is -0.457. The molecule has 0 aromatic rings. The molecule has 0 radical (unpaired) electrons. The maximum absolute atomic E-state index is 11.5. The Morgan fingerprint density at radius 2 is 1.87 bits per heavy atom. The Balaban J connectivity index is 3.70. The molecule has 3 heteroatoms. The van der Waals surface area contributed by atoms with Crippen molar-refractivity contribution in [1.29, 1.82) is 0 Å². The topological polar surface area (TPSA) is 52.3 Å². The minimum atomic E-state index is -0.457. The number of carbonyl (C=O) groups is 1. The zero-order chi connectivity index (χ0) is 11.9. The summed E-state index contributed by atoms with van der Waals surface area (Å²) in [5.41, 5.74) is 5.30. The van der Waals surface area contributed by atoms with Gasteiger partial charge in [-0.3, -0.25) is 4.79 Å². The second-order valence-electron chi connectivity index (χ2n) is 4.99. The summed E-state index contributed by atoms with van der Waals surface area (Å²) in [5, 5.41) is 0. The Morgan fingerprint density at radius 1 is 1.27 bits per heavy atom. The molecule has 0 amide bonds. The number of rotatable bonds is 6. The summed E-state index contributed by atoms with van der Waals surface area (Å²) in [4.78, 5) is 11.5. The molecule has 0 fully saturated rings. The largest absolute Gasteiger partial charge is 0.459 e. The van der Waals surface area contributed by atoms with Crippen molar-refractivity contribution in [2.24, 2.45) is 5.73 Å². The highest BCUT2D eigenvalue weighted by atomic mass is 16.6. The molecule has 1 atom stereocenters. The van der Waals surface area contributed by atoms with Crippen LogP contribution < -0.4 is 5.73 Å². The lowest BCUT2D eigenvalue weighted by Crippen LogP contribution is -2.37. The predicted molar refractivity (Wildman–Crippen MR) is 62.6 cm³/mol. The van der Waals surface area contributed by atoms with E-state index in [9.17, 15) is 4.79 Å². The standard InChI is InChI=1S/C12H25NO2/c1-5-6-7-8-9-10(13)11(14)15-12(2,3)4/h10H,5-9,13H2,1-4H3. The van der Waals surface area contributed by atoms with Crippen molar-refractivity contribution in [3.8, 4) is 0 Å². The highest BCUT2D eigenvalue weighted by Gasteiger charge is 2.21. The van der Waals surface area contributed by atoms with Gasteiger partial charge in [0.25, 0.3) is 0 Å². The lowest BCUT2D eigenvalue weighted by Gasteiger charge is -2.22. The van der Waals surface area contributed by atoms with Crippen molar-refractivity contribution in [3.05, 3.63) is 0 Å². The van der Waals surface area contributed by atoms with E-state index >= 15 is 0 Å². The fourth-order valence-corrected chi connectivity index (χ4v) is 1.29. The molecule has 0 aliphatic rings. The van der Waals surface area contributed by atoms with E-state index in [1.807, 2.05) is 20.8 Å². The molecule has 15 heavy (non-hydrogen) atoms. The molecule has 0 heterocycles. The van der Waals surface area contributed by atoms with E-state index in [0.29, 0.717) is 0 Å². The second kappa shape index (κ2) is 6.83. The van der Waals surface area contributed by atoms with Crippen molar-refractivity contribution in [2.75, 3.05) is 0 Å². The fraction of sp³-hybridized carbons (Fsp3) is 0.917. The highest BCUT2D eigenvalue weighted by molar-refractivity contribution is 5.75. The van der Waals surface area contributed by atoms with Gasteiger partial charge in [0.2, 0.25) is 0 Å². The summed E-state index contributed by atoms with van der Waals surface area (Å²) in [6.07, 6.45) is 5.29. The molecule has 1 unspecified atom stereocenters. The third kappa shape index (κ3) is 8.43. The van der Waals surface area contributed by atoms with Crippen LogP contribution in [0, 0.1) is 0 Å². The molecule has 0 aromatic carbocycles.